The lowest BCUT2D eigenvalue weighted by Crippen LogP contribution is -2.55. The summed E-state index contributed by atoms with van der Waals surface area (Å²) in [7, 11) is 0. The van der Waals surface area contributed by atoms with Crippen LogP contribution in [0.2, 0.25) is 0 Å². The second-order valence-corrected chi connectivity index (χ2v) is 9.87. The Morgan fingerprint density at radius 3 is 1.91 bits per heavy atom. The Morgan fingerprint density at radius 2 is 1.26 bits per heavy atom. The molecule has 180 valence electrons. The van der Waals surface area contributed by atoms with Crippen molar-refractivity contribution < 1.29 is 9.59 Å². The smallest absolute Gasteiger partial charge is 0.253 e. The zero-order chi connectivity index (χ0) is 23.3. The number of hydrogen-bond acceptors (Lipinski definition) is 4. The second kappa shape index (κ2) is 10.7. The molecule has 5 rings (SSSR count). The van der Waals surface area contributed by atoms with E-state index in [1.807, 2.05) is 52.3 Å². The van der Waals surface area contributed by atoms with Gasteiger partial charge < -0.3 is 9.80 Å². The summed E-state index contributed by atoms with van der Waals surface area (Å²) in [5.74, 6) is 0.316. The Hall–Kier alpha value is -2.70. The van der Waals surface area contributed by atoms with E-state index in [0.717, 1.165) is 62.0 Å². The number of hydrogen-bond donors (Lipinski definition) is 0. The Morgan fingerprint density at radius 1 is 0.676 bits per heavy atom. The molecule has 2 aromatic rings. The Bertz CT molecular complexity index is 956. The number of carbonyl (C=O) groups excluding carboxylic acids is 2. The second-order valence-electron chi connectivity index (χ2n) is 9.87. The van der Waals surface area contributed by atoms with E-state index in [9.17, 15) is 9.59 Å². The zero-order valence-corrected chi connectivity index (χ0v) is 20.1. The van der Waals surface area contributed by atoms with E-state index in [-0.39, 0.29) is 11.8 Å². The monoisotopic (exact) mass is 460 g/mol. The Kier molecular flexibility index (Phi) is 7.26. The van der Waals surface area contributed by atoms with E-state index in [1.54, 1.807) is 0 Å². The number of rotatable bonds is 5. The third kappa shape index (κ3) is 5.34. The van der Waals surface area contributed by atoms with E-state index in [1.165, 1.54) is 25.7 Å². The number of benzene rings is 2. The minimum Gasteiger partial charge on any atom is -0.339 e. The molecule has 0 unspecified atom stereocenters. The predicted molar refractivity (Wildman–Crippen MR) is 135 cm³/mol. The summed E-state index contributed by atoms with van der Waals surface area (Å²) >= 11 is 0. The minimum absolute atomic E-state index is 0.0774. The van der Waals surface area contributed by atoms with Gasteiger partial charge in [0.25, 0.3) is 5.91 Å². The summed E-state index contributed by atoms with van der Waals surface area (Å²) < 4.78 is 0. The van der Waals surface area contributed by atoms with Crippen LogP contribution in [0.15, 0.2) is 54.6 Å². The summed E-state index contributed by atoms with van der Waals surface area (Å²) in [4.78, 5) is 34.6. The van der Waals surface area contributed by atoms with Crippen molar-refractivity contribution >= 4 is 11.8 Å². The maximum absolute atomic E-state index is 13.0. The highest BCUT2D eigenvalue weighted by Gasteiger charge is 2.29. The molecule has 0 atom stereocenters. The average molecular weight is 461 g/mol. The third-order valence-corrected chi connectivity index (χ3v) is 7.77. The van der Waals surface area contributed by atoms with Crippen LogP contribution in [0.1, 0.15) is 36.0 Å². The van der Waals surface area contributed by atoms with Gasteiger partial charge in [-0.15, -0.1) is 0 Å². The van der Waals surface area contributed by atoms with Gasteiger partial charge in [0.1, 0.15) is 0 Å². The summed E-state index contributed by atoms with van der Waals surface area (Å²) in [5, 5.41) is 0. The minimum atomic E-state index is 0.0774. The fourth-order valence-corrected chi connectivity index (χ4v) is 5.62. The molecule has 1 aliphatic carbocycles. The summed E-state index contributed by atoms with van der Waals surface area (Å²) in [6.45, 7) is 7.05. The van der Waals surface area contributed by atoms with Gasteiger partial charge in [0.2, 0.25) is 5.91 Å². The fraction of sp³-hybridized carbons (Fsp3) is 0.500. The molecule has 2 saturated heterocycles. The Balaban J connectivity index is 1.07. The topological polar surface area (TPSA) is 47.1 Å². The van der Waals surface area contributed by atoms with Crippen LogP contribution in [0.4, 0.5) is 0 Å². The summed E-state index contributed by atoms with van der Waals surface area (Å²) in [6, 6.07) is 18.8. The highest BCUT2D eigenvalue weighted by atomic mass is 16.2. The molecular formula is C28H36N4O2. The van der Waals surface area contributed by atoms with Crippen LogP contribution in [-0.4, -0.2) is 96.4 Å². The lowest BCUT2D eigenvalue weighted by molar-refractivity contribution is -0.134. The summed E-state index contributed by atoms with van der Waals surface area (Å²) in [5.41, 5.74) is 2.99. The van der Waals surface area contributed by atoms with Gasteiger partial charge in [0, 0.05) is 64.0 Å². The van der Waals surface area contributed by atoms with Crippen molar-refractivity contribution in [1.82, 2.24) is 19.6 Å². The highest BCUT2D eigenvalue weighted by Crippen LogP contribution is 2.24. The van der Waals surface area contributed by atoms with E-state index in [0.29, 0.717) is 19.6 Å². The SMILES string of the molecule is O=C(CN1CCN(C(=O)c2ccc(-c3ccccc3)cc2)CC1)N1CCN(C2CCCC2)CC1. The molecule has 3 fully saturated rings. The number of amides is 2. The van der Waals surface area contributed by atoms with E-state index in [2.05, 4.69) is 21.9 Å². The van der Waals surface area contributed by atoms with Gasteiger partial charge in [-0.05, 0) is 36.1 Å². The number of nitrogens with zero attached hydrogens (tertiary/aromatic N) is 4. The molecule has 6 nitrogen and oxygen atoms in total. The molecule has 2 aliphatic heterocycles. The maximum Gasteiger partial charge on any atom is 0.253 e. The molecule has 2 amide bonds. The molecule has 2 aromatic carbocycles. The van der Waals surface area contributed by atoms with Crippen LogP contribution in [-0.2, 0) is 4.79 Å². The van der Waals surface area contributed by atoms with Gasteiger partial charge in [-0.2, -0.15) is 0 Å². The van der Waals surface area contributed by atoms with E-state index >= 15 is 0 Å². The molecule has 34 heavy (non-hydrogen) atoms. The van der Waals surface area contributed by atoms with Gasteiger partial charge >= 0.3 is 0 Å². The molecule has 0 N–H and O–H groups in total. The van der Waals surface area contributed by atoms with Crippen molar-refractivity contribution in [2.24, 2.45) is 0 Å². The van der Waals surface area contributed by atoms with Crippen molar-refractivity contribution in [2.75, 3.05) is 58.9 Å². The molecule has 0 radical (unpaired) electrons. The van der Waals surface area contributed by atoms with Gasteiger partial charge in [-0.1, -0.05) is 55.3 Å². The van der Waals surface area contributed by atoms with Crippen LogP contribution in [0.3, 0.4) is 0 Å². The molecule has 0 aromatic heterocycles. The first kappa shape index (κ1) is 23.1. The largest absolute Gasteiger partial charge is 0.339 e. The van der Waals surface area contributed by atoms with Gasteiger partial charge in [0.05, 0.1) is 6.54 Å². The first-order valence-electron chi connectivity index (χ1n) is 12.9. The summed E-state index contributed by atoms with van der Waals surface area (Å²) in [6.07, 6.45) is 5.37. The molecule has 3 aliphatic rings. The van der Waals surface area contributed by atoms with Crippen LogP contribution < -0.4 is 0 Å². The first-order valence-corrected chi connectivity index (χ1v) is 12.9. The molecule has 6 heteroatoms. The maximum atomic E-state index is 13.0. The molecule has 2 heterocycles. The van der Waals surface area contributed by atoms with Gasteiger partial charge in [0.15, 0.2) is 0 Å². The normalized spacial score (nSPS) is 20.6. The van der Waals surface area contributed by atoms with E-state index in [4.69, 9.17) is 0 Å². The van der Waals surface area contributed by atoms with Crippen LogP contribution in [0, 0.1) is 0 Å². The predicted octanol–water partition coefficient (Wildman–Crippen LogP) is 3.20. The van der Waals surface area contributed by atoms with Crippen LogP contribution in [0.25, 0.3) is 11.1 Å². The third-order valence-electron chi connectivity index (χ3n) is 7.77. The van der Waals surface area contributed by atoms with Gasteiger partial charge in [-0.3, -0.25) is 19.4 Å². The van der Waals surface area contributed by atoms with Crippen molar-refractivity contribution in [3.05, 3.63) is 60.2 Å². The molecule has 0 spiro atoms. The highest BCUT2D eigenvalue weighted by molar-refractivity contribution is 5.94. The quantitative estimate of drug-likeness (QED) is 0.688. The molecular weight excluding hydrogens is 424 g/mol. The van der Waals surface area contributed by atoms with Crippen molar-refractivity contribution in [1.29, 1.82) is 0 Å². The molecule has 1 saturated carbocycles. The zero-order valence-electron chi connectivity index (χ0n) is 20.1. The van der Waals surface area contributed by atoms with Crippen LogP contribution in [0.5, 0.6) is 0 Å². The fourth-order valence-electron chi connectivity index (χ4n) is 5.62. The average Bonchev–Trinajstić information content (AvgIpc) is 3.45. The Labute approximate surface area is 203 Å². The number of piperazine rings is 2. The van der Waals surface area contributed by atoms with Crippen molar-refractivity contribution in [2.45, 2.75) is 31.7 Å². The van der Waals surface area contributed by atoms with Crippen molar-refractivity contribution in [3.63, 3.8) is 0 Å². The first-order chi connectivity index (χ1) is 16.7. The van der Waals surface area contributed by atoms with Gasteiger partial charge in [-0.25, -0.2) is 0 Å². The molecule has 0 bridgehead atoms. The van der Waals surface area contributed by atoms with Crippen molar-refractivity contribution in [3.8, 4) is 11.1 Å². The van der Waals surface area contributed by atoms with Crippen LogP contribution >= 0.6 is 0 Å². The van der Waals surface area contributed by atoms with E-state index < -0.39 is 0 Å². The standard InChI is InChI=1S/C28H36N4O2/c33-27(31-20-18-30(19-21-31)26-8-4-5-9-26)22-29-14-16-32(17-15-29)28(34)25-12-10-24(11-13-25)23-6-2-1-3-7-23/h1-3,6-7,10-13,26H,4-5,8-9,14-22H2. The lowest BCUT2D eigenvalue weighted by Gasteiger charge is -2.39. The lowest BCUT2D eigenvalue weighted by atomic mass is 10.0. The number of carbonyl (C=O) groups is 2.